The highest BCUT2D eigenvalue weighted by Gasteiger charge is 2.12. The first-order chi connectivity index (χ1) is 14.0. The Bertz CT molecular complexity index is 885. The van der Waals surface area contributed by atoms with Crippen LogP contribution in [0.15, 0.2) is 42.5 Å². The maximum absolute atomic E-state index is 12.5. The minimum atomic E-state index is -2.94. The van der Waals surface area contributed by atoms with Gasteiger partial charge in [0.15, 0.2) is 23.0 Å². The van der Waals surface area contributed by atoms with E-state index in [1.165, 1.54) is 18.2 Å². The molecule has 8 heteroatoms. The largest absolute Gasteiger partial charge is 0.490 e. The zero-order valence-corrected chi connectivity index (χ0v) is 15.8. The number of carbonyl (C=O) groups is 1. The number of ether oxygens (including phenoxy) is 4. The van der Waals surface area contributed by atoms with E-state index in [0.717, 1.165) is 5.56 Å². The molecule has 29 heavy (non-hydrogen) atoms. The second-order valence-electron chi connectivity index (χ2n) is 6.05. The van der Waals surface area contributed by atoms with E-state index in [9.17, 15) is 13.6 Å². The minimum Gasteiger partial charge on any atom is -0.490 e. The van der Waals surface area contributed by atoms with E-state index < -0.39 is 6.61 Å². The maximum Gasteiger partial charge on any atom is 0.387 e. The fourth-order valence-corrected chi connectivity index (χ4v) is 2.71. The number of hydrogen-bond donors (Lipinski definition) is 1. The van der Waals surface area contributed by atoms with Gasteiger partial charge in [-0.3, -0.25) is 4.79 Å². The number of fused-ring (bicyclic) bond motifs is 1. The van der Waals surface area contributed by atoms with Gasteiger partial charge in [0.2, 0.25) is 5.91 Å². The number of nitrogens with one attached hydrogen (secondary N) is 1. The summed E-state index contributed by atoms with van der Waals surface area (Å²) in [6.07, 6.45) is 2.92. The molecule has 1 aliphatic rings. The van der Waals surface area contributed by atoms with Gasteiger partial charge in [-0.1, -0.05) is 12.1 Å². The van der Waals surface area contributed by atoms with Crippen LogP contribution >= 0.6 is 0 Å². The molecule has 2 aromatic carbocycles. The van der Waals surface area contributed by atoms with Crippen molar-refractivity contribution < 1.29 is 32.5 Å². The van der Waals surface area contributed by atoms with Crippen molar-refractivity contribution in [3.05, 3.63) is 53.6 Å². The zero-order valence-electron chi connectivity index (χ0n) is 15.8. The van der Waals surface area contributed by atoms with Gasteiger partial charge in [0.25, 0.3) is 0 Å². The molecule has 6 nitrogen and oxygen atoms in total. The molecule has 0 fully saturated rings. The summed E-state index contributed by atoms with van der Waals surface area (Å²) in [5.41, 5.74) is 1.49. The van der Waals surface area contributed by atoms with Crippen LogP contribution in [0.2, 0.25) is 0 Å². The molecule has 1 N–H and O–H groups in total. The van der Waals surface area contributed by atoms with Crippen LogP contribution in [0.3, 0.4) is 0 Å². The fraction of sp³-hybridized carbons (Fsp3) is 0.286. The number of halogens is 2. The fourth-order valence-electron chi connectivity index (χ4n) is 2.71. The Kier molecular flexibility index (Phi) is 6.89. The summed E-state index contributed by atoms with van der Waals surface area (Å²) >= 11 is 0. The molecule has 0 bridgehead atoms. The van der Waals surface area contributed by atoms with Gasteiger partial charge in [-0.2, -0.15) is 8.78 Å². The van der Waals surface area contributed by atoms with E-state index in [1.807, 2.05) is 18.2 Å². The van der Waals surface area contributed by atoms with Crippen molar-refractivity contribution in [2.24, 2.45) is 0 Å². The molecule has 0 aromatic heterocycles. The van der Waals surface area contributed by atoms with Gasteiger partial charge >= 0.3 is 6.61 Å². The van der Waals surface area contributed by atoms with Gasteiger partial charge in [0, 0.05) is 12.6 Å². The molecular weight excluding hydrogens is 384 g/mol. The van der Waals surface area contributed by atoms with Crippen LogP contribution < -0.4 is 24.3 Å². The number of amides is 1. The third kappa shape index (κ3) is 5.84. The van der Waals surface area contributed by atoms with Gasteiger partial charge < -0.3 is 24.3 Å². The number of alkyl halides is 2. The lowest BCUT2D eigenvalue weighted by atomic mass is 10.1. The van der Waals surface area contributed by atoms with Crippen LogP contribution in [0.4, 0.5) is 8.78 Å². The van der Waals surface area contributed by atoms with E-state index in [-0.39, 0.29) is 17.4 Å². The molecule has 3 rings (SSSR count). The Morgan fingerprint density at radius 1 is 1.14 bits per heavy atom. The molecule has 154 valence electrons. The monoisotopic (exact) mass is 405 g/mol. The highest BCUT2D eigenvalue weighted by atomic mass is 19.3. The molecule has 0 aliphatic carbocycles. The number of carbonyl (C=O) groups excluding carboxylic acids is 1. The molecule has 1 aliphatic heterocycles. The standard InChI is InChI=1S/C21H21F2NO5/c1-2-26-19-11-14(3-7-17(19)29-21(22)23)5-8-20(25)24-13-15-4-6-16-18(12-15)28-10-9-27-16/h3-8,11-12,21H,2,9-10,13H2,1H3,(H,24,25)/b8-5+. The SMILES string of the molecule is CCOc1cc(/C=C/C(=O)NCc2ccc3c(c2)OCCO3)ccc1OC(F)F. The highest BCUT2D eigenvalue weighted by Crippen LogP contribution is 2.31. The third-order valence-electron chi connectivity index (χ3n) is 3.98. The van der Waals surface area contributed by atoms with Crippen LogP contribution in [-0.2, 0) is 11.3 Å². The zero-order chi connectivity index (χ0) is 20.6. The van der Waals surface area contributed by atoms with E-state index in [2.05, 4.69) is 10.1 Å². The molecule has 0 atom stereocenters. The average Bonchev–Trinajstić information content (AvgIpc) is 2.72. The maximum atomic E-state index is 12.5. The average molecular weight is 405 g/mol. The second-order valence-corrected chi connectivity index (χ2v) is 6.05. The van der Waals surface area contributed by atoms with E-state index in [4.69, 9.17) is 14.2 Å². The van der Waals surface area contributed by atoms with Crippen LogP contribution in [0.5, 0.6) is 23.0 Å². The molecule has 1 heterocycles. The van der Waals surface area contributed by atoms with Gasteiger partial charge in [0.1, 0.15) is 13.2 Å². The minimum absolute atomic E-state index is 0.0536. The van der Waals surface area contributed by atoms with Crippen LogP contribution in [0, 0.1) is 0 Å². The van der Waals surface area contributed by atoms with Crippen molar-refractivity contribution >= 4 is 12.0 Å². The lowest BCUT2D eigenvalue weighted by Crippen LogP contribution is -2.21. The van der Waals surface area contributed by atoms with Crippen LogP contribution in [0.25, 0.3) is 6.08 Å². The van der Waals surface area contributed by atoms with E-state index >= 15 is 0 Å². The first kappa shape index (κ1) is 20.4. The summed E-state index contributed by atoms with van der Waals surface area (Å²) in [5, 5.41) is 2.78. The Morgan fingerprint density at radius 3 is 2.69 bits per heavy atom. The summed E-state index contributed by atoms with van der Waals surface area (Å²) in [5.74, 6) is 1.18. The number of hydrogen-bond acceptors (Lipinski definition) is 5. The quantitative estimate of drug-likeness (QED) is 0.677. The van der Waals surface area contributed by atoms with E-state index in [0.29, 0.717) is 43.4 Å². The molecule has 0 saturated carbocycles. The van der Waals surface area contributed by atoms with Crippen molar-refractivity contribution in [2.45, 2.75) is 20.1 Å². The predicted octanol–water partition coefficient (Wildman–Crippen LogP) is 3.79. The van der Waals surface area contributed by atoms with Crippen LogP contribution in [-0.4, -0.2) is 32.3 Å². The van der Waals surface area contributed by atoms with Crippen LogP contribution in [0.1, 0.15) is 18.1 Å². The molecule has 0 radical (unpaired) electrons. The van der Waals surface area contributed by atoms with Crippen molar-refractivity contribution in [1.29, 1.82) is 0 Å². The topological polar surface area (TPSA) is 66.0 Å². The summed E-state index contributed by atoms with van der Waals surface area (Å²) < 4.78 is 45.6. The lowest BCUT2D eigenvalue weighted by Gasteiger charge is -2.18. The number of benzene rings is 2. The Hall–Kier alpha value is -3.29. The molecule has 0 unspecified atom stereocenters. The molecule has 0 spiro atoms. The second kappa shape index (κ2) is 9.77. The molecule has 2 aromatic rings. The van der Waals surface area contributed by atoms with Crippen molar-refractivity contribution in [2.75, 3.05) is 19.8 Å². The third-order valence-corrected chi connectivity index (χ3v) is 3.98. The first-order valence-electron chi connectivity index (χ1n) is 9.11. The van der Waals surface area contributed by atoms with Crippen molar-refractivity contribution in [1.82, 2.24) is 5.32 Å². The lowest BCUT2D eigenvalue weighted by molar-refractivity contribution is -0.116. The smallest absolute Gasteiger partial charge is 0.387 e. The first-order valence-corrected chi connectivity index (χ1v) is 9.11. The summed E-state index contributed by atoms with van der Waals surface area (Å²) in [6, 6.07) is 9.97. The normalized spacial score (nSPS) is 12.8. The molecule has 1 amide bonds. The van der Waals surface area contributed by atoms with Gasteiger partial charge in [-0.15, -0.1) is 0 Å². The summed E-state index contributed by atoms with van der Waals surface area (Å²) in [4.78, 5) is 12.1. The molecular formula is C21H21F2NO5. The molecule has 0 saturated heterocycles. The van der Waals surface area contributed by atoms with E-state index in [1.54, 1.807) is 19.1 Å². The summed E-state index contributed by atoms with van der Waals surface area (Å²) in [7, 11) is 0. The predicted molar refractivity (Wildman–Crippen MR) is 103 cm³/mol. The van der Waals surface area contributed by atoms with Gasteiger partial charge in [0.05, 0.1) is 6.61 Å². The Labute approximate surface area is 167 Å². The Morgan fingerprint density at radius 2 is 1.93 bits per heavy atom. The Balaban J connectivity index is 1.59. The summed E-state index contributed by atoms with van der Waals surface area (Å²) in [6.45, 7) is 0.431. The number of rotatable bonds is 8. The van der Waals surface area contributed by atoms with Gasteiger partial charge in [-0.25, -0.2) is 0 Å². The van der Waals surface area contributed by atoms with Crippen molar-refractivity contribution in [3.8, 4) is 23.0 Å². The van der Waals surface area contributed by atoms with Crippen molar-refractivity contribution in [3.63, 3.8) is 0 Å². The van der Waals surface area contributed by atoms with Gasteiger partial charge in [-0.05, 0) is 48.4 Å². The highest BCUT2D eigenvalue weighted by molar-refractivity contribution is 5.91.